The van der Waals surface area contributed by atoms with Crippen LogP contribution in [0.5, 0.6) is 0 Å². The SMILES string of the molecule is CC(=O)N1CCC(Cn2cc3cc(C(=O)NCCN4CCOCC4)c(C)cc3n2)CC1. The van der Waals surface area contributed by atoms with Crippen molar-refractivity contribution in [1.82, 2.24) is 24.9 Å². The van der Waals surface area contributed by atoms with E-state index in [4.69, 9.17) is 9.84 Å². The highest BCUT2D eigenvalue weighted by molar-refractivity contribution is 5.99. The summed E-state index contributed by atoms with van der Waals surface area (Å²) in [5.41, 5.74) is 2.57. The average molecular weight is 428 g/mol. The van der Waals surface area contributed by atoms with E-state index in [1.54, 1.807) is 6.92 Å². The summed E-state index contributed by atoms with van der Waals surface area (Å²) in [5.74, 6) is 0.653. The molecule has 1 aromatic carbocycles. The number of carbonyl (C=O) groups excluding carboxylic acids is 2. The van der Waals surface area contributed by atoms with Gasteiger partial charge in [0.05, 0.1) is 18.7 Å². The molecule has 2 fully saturated rings. The summed E-state index contributed by atoms with van der Waals surface area (Å²) in [6.45, 7) is 11.0. The fraction of sp³-hybridized carbons (Fsp3) is 0.609. The second-order valence-electron chi connectivity index (χ2n) is 8.74. The Morgan fingerprint density at radius 3 is 2.61 bits per heavy atom. The molecule has 0 unspecified atom stereocenters. The fourth-order valence-corrected chi connectivity index (χ4v) is 4.51. The lowest BCUT2D eigenvalue weighted by molar-refractivity contribution is -0.130. The van der Waals surface area contributed by atoms with Crippen LogP contribution in [-0.4, -0.2) is 83.9 Å². The molecule has 0 atom stereocenters. The summed E-state index contributed by atoms with van der Waals surface area (Å²) in [6.07, 6.45) is 4.05. The number of carbonyl (C=O) groups is 2. The molecule has 0 radical (unpaired) electrons. The predicted octanol–water partition coefficient (Wildman–Crippen LogP) is 1.67. The minimum atomic E-state index is -0.0305. The van der Waals surface area contributed by atoms with Gasteiger partial charge in [-0.15, -0.1) is 0 Å². The van der Waals surface area contributed by atoms with Crippen molar-refractivity contribution in [2.24, 2.45) is 5.92 Å². The first-order valence-electron chi connectivity index (χ1n) is 11.3. The van der Waals surface area contributed by atoms with Crippen LogP contribution in [0.4, 0.5) is 0 Å². The molecule has 0 saturated carbocycles. The third-order valence-electron chi connectivity index (χ3n) is 6.46. The summed E-state index contributed by atoms with van der Waals surface area (Å²) < 4.78 is 7.36. The van der Waals surface area contributed by atoms with Gasteiger partial charge in [-0.2, -0.15) is 5.10 Å². The van der Waals surface area contributed by atoms with Gasteiger partial charge in [-0.3, -0.25) is 19.2 Å². The van der Waals surface area contributed by atoms with E-state index in [1.165, 1.54) is 0 Å². The first-order chi connectivity index (χ1) is 15.0. The van der Waals surface area contributed by atoms with E-state index < -0.39 is 0 Å². The molecule has 2 amide bonds. The molecule has 2 aliphatic rings. The van der Waals surface area contributed by atoms with E-state index in [0.717, 1.165) is 81.8 Å². The summed E-state index contributed by atoms with van der Waals surface area (Å²) in [4.78, 5) is 28.5. The Hall–Kier alpha value is -2.45. The zero-order chi connectivity index (χ0) is 21.8. The number of morpholine rings is 1. The molecule has 0 bridgehead atoms. The van der Waals surface area contributed by atoms with Crippen LogP contribution in [-0.2, 0) is 16.1 Å². The normalized spacial score (nSPS) is 18.5. The van der Waals surface area contributed by atoms with E-state index in [2.05, 4.69) is 10.2 Å². The second-order valence-corrected chi connectivity index (χ2v) is 8.74. The first-order valence-corrected chi connectivity index (χ1v) is 11.3. The number of aromatic nitrogens is 2. The molecule has 3 heterocycles. The van der Waals surface area contributed by atoms with Crippen LogP contribution in [0.2, 0.25) is 0 Å². The van der Waals surface area contributed by atoms with Crippen molar-refractivity contribution in [1.29, 1.82) is 0 Å². The molecular formula is C23H33N5O3. The molecule has 0 spiro atoms. The van der Waals surface area contributed by atoms with Crippen molar-refractivity contribution in [2.45, 2.75) is 33.2 Å². The topological polar surface area (TPSA) is 79.7 Å². The van der Waals surface area contributed by atoms with Crippen LogP contribution in [0.25, 0.3) is 10.9 Å². The van der Waals surface area contributed by atoms with Gasteiger partial charge in [-0.1, -0.05) is 0 Å². The van der Waals surface area contributed by atoms with Crippen molar-refractivity contribution >= 4 is 22.7 Å². The maximum Gasteiger partial charge on any atom is 0.251 e. The van der Waals surface area contributed by atoms with Gasteiger partial charge >= 0.3 is 0 Å². The third kappa shape index (κ3) is 5.43. The number of hydrogen-bond donors (Lipinski definition) is 1. The number of ether oxygens (including phenoxy) is 1. The number of aryl methyl sites for hydroxylation is 1. The molecule has 8 nitrogen and oxygen atoms in total. The molecule has 2 aromatic rings. The minimum absolute atomic E-state index is 0.0305. The van der Waals surface area contributed by atoms with Gasteiger partial charge in [-0.05, 0) is 43.4 Å². The molecule has 1 N–H and O–H groups in total. The number of benzene rings is 1. The van der Waals surface area contributed by atoms with Gasteiger partial charge in [-0.25, -0.2) is 0 Å². The third-order valence-corrected chi connectivity index (χ3v) is 6.46. The van der Waals surface area contributed by atoms with Crippen molar-refractivity contribution in [3.63, 3.8) is 0 Å². The number of hydrogen-bond acceptors (Lipinski definition) is 5. The maximum absolute atomic E-state index is 12.7. The summed E-state index contributed by atoms with van der Waals surface area (Å²) in [7, 11) is 0. The Balaban J connectivity index is 1.35. The lowest BCUT2D eigenvalue weighted by Crippen LogP contribution is -2.41. The van der Waals surface area contributed by atoms with Crippen molar-refractivity contribution < 1.29 is 14.3 Å². The van der Waals surface area contributed by atoms with Crippen LogP contribution in [0.3, 0.4) is 0 Å². The lowest BCUT2D eigenvalue weighted by Gasteiger charge is -2.31. The number of nitrogens with zero attached hydrogens (tertiary/aromatic N) is 4. The number of nitrogens with one attached hydrogen (secondary N) is 1. The summed E-state index contributed by atoms with van der Waals surface area (Å²) in [6, 6.07) is 3.96. The fourth-order valence-electron chi connectivity index (χ4n) is 4.51. The Labute approximate surface area is 183 Å². The van der Waals surface area contributed by atoms with Crippen LogP contribution in [0, 0.1) is 12.8 Å². The summed E-state index contributed by atoms with van der Waals surface area (Å²) in [5, 5.41) is 8.78. The van der Waals surface area contributed by atoms with Crippen molar-refractivity contribution in [3.8, 4) is 0 Å². The Kier molecular flexibility index (Phi) is 6.87. The number of fused-ring (bicyclic) bond motifs is 1. The number of piperidine rings is 1. The van der Waals surface area contributed by atoms with Crippen LogP contribution in [0.1, 0.15) is 35.7 Å². The molecule has 2 saturated heterocycles. The Morgan fingerprint density at radius 1 is 1.16 bits per heavy atom. The van der Waals surface area contributed by atoms with E-state index in [0.29, 0.717) is 18.0 Å². The van der Waals surface area contributed by atoms with Crippen LogP contribution >= 0.6 is 0 Å². The number of likely N-dealkylation sites (tertiary alicyclic amines) is 1. The lowest BCUT2D eigenvalue weighted by atomic mass is 9.97. The van der Waals surface area contributed by atoms with Gasteiger partial charge < -0.3 is 15.0 Å². The molecular weight excluding hydrogens is 394 g/mol. The largest absolute Gasteiger partial charge is 0.379 e. The predicted molar refractivity (Wildman–Crippen MR) is 119 cm³/mol. The Morgan fingerprint density at radius 2 is 1.90 bits per heavy atom. The van der Waals surface area contributed by atoms with Gasteiger partial charge in [0.15, 0.2) is 0 Å². The zero-order valence-corrected chi connectivity index (χ0v) is 18.6. The number of amides is 2. The van der Waals surface area contributed by atoms with E-state index in [9.17, 15) is 9.59 Å². The minimum Gasteiger partial charge on any atom is -0.379 e. The number of rotatable bonds is 6. The van der Waals surface area contributed by atoms with Crippen molar-refractivity contribution in [2.75, 3.05) is 52.5 Å². The quantitative estimate of drug-likeness (QED) is 0.759. The smallest absolute Gasteiger partial charge is 0.251 e. The average Bonchev–Trinajstić information content (AvgIpc) is 3.15. The van der Waals surface area contributed by atoms with Gasteiger partial charge in [0, 0.05) is 69.9 Å². The highest BCUT2D eigenvalue weighted by Crippen LogP contribution is 2.22. The summed E-state index contributed by atoms with van der Waals surface area (Å²) >= 11 is 0. The standard InChI is InChI=1S/C23H33N5O3/c1-17-13-22-20(14-21(17)23(30)24-5-8-26-9-11-31-12-10-26)16-28(25-22)15-19-3-6-27(7-4-19)18(2)29/h13-14,16,19H,3-12,15H2,1-2H3,(H,24,30). The molecule has 0 aliphatic carbocycles. The molecule has 1 aromatic heterocycles. The van der Waals surface area contributed by atoms with Gasteiger partial charge in [0.1, 0.15) is 0 Å². The van der Waals surface area contributed by atoms with E-state index >= 15 is 0 Å². The highest BCUT2D eigenvalue weighted by Gasteiger charge is 2.21. The molecule has 2 aliphatic heterocycles. The molecule has 8 heteroatoms. The zero-order valence-electron chi connectivity index (χ0n) is 18.6. The van der Waals surface area contributed by atoms with E-state index in [-0.39, 0.29) is 11.8 Å². The molecule has 31 heavy (non-hydrogen) atoms. The molecule has 168 valence electrons. The molecule has 4 rings (SSSR count). The van der Waals surface area contributed by atoms with Crippen molar-refractivity contribution in [3.05, 3.63) is 29.5 Å². The van der Waals surface area contributed by atoms with Crippen LogP contribution < -0.4 is 5.32 Å². The monoisotopic (exact) mass is 427 g/mol. The first kappa shape index (κ1) is 21.8. The Bertz CT molecular complexity index is 927. The highest BCUT2D eigenvalue weighted by atomic mass is 16.5. The van der Waals surface area contributed by atoms with Gasteiger partial charge in [0.2, 0.25) is 5.91 Å². The van der Waals surface area contributed by atoms with Gasteiger partial charge in [0.25, 0.3) is 5.91 Å². The second kappa shape index (κ2) is 9.78. The maximum atomic E-state index is 12.7. The van der Waals surface area contributed by atoms with E-state index in [1.807, 2.05) is 34.8 Å². The van der Waals surface area contributed by atoms with Crippen LogP contribution in [0.15, 0.2) is 18.3 Å².